The normalized spacial score (nSPS) is 12.3. The number of amides is 2. The number of nitrogens with zero attached hydrogens (tertiary/aromatic N) is 1. The lowest BCUT2D eigenvalue weighted by Crippen LogP contribution is -2.43. The van der Waals surface area contributed by atoms with Gasteiger partial charge in [-0.2, -0.15) is 0 Å². The van der Waals surface area contributed by atoms with Crippen molar-refractivity contribution < 1.29 is 37.9 Å². The average molecular weight is 623 g/mol. The predicted molar refractivity (Wildman–Crippen MR) is 172 cm³/mol. The van der Waals surface area contributed by atoms with E-state index < -0.39 is 18.2 Å². The summed E-state index contributed by atoms with van der Waals surface area (Å²) in [4.78, 5) is 36.3. The molecule has 0 radical (unpaired) electrons. The molecule has 1 heterocycles. The molecule has 0 fully saturated rings. The molecule has 2 unspecified atom stereocenters. The number of hydrogen-bond acceptors (Lipinski definition) is 7. The molecule has 2 N–H and O–H groups in total. The van der Waals surface area contributed by atoms with E-state index in [0.29, 0.717) is 12.0 Å². The standard InChI is InChI=1S/C34H59N3O7/c1-5-7-8-9-10-11-12-13-14-15-16-17-18-22-31(29(3)41-4)36-34(40)44-26-20-25-43-33(39)35-23-27-42-32(38)30-21-19-24-37(6-2)28-30/h19,21,24,28-29,31H,5-18,20,22-23,25-27H2,1-4H3,(H-,35,36,39,40)/p+1. The summed E-state index contributed by atoms with van der Waals surface area (Å²) in [6, 6.07) is 3.34. The Hall–Kier alpha value is -2.88. The zero-order chi connectivity index (χ0) is 32.3. The van der Waals surface area contributed by atoms with E-state index in [9.17, 15) is 14.4 Å². The van der Waals surface area contributed by atoms with Crippen LogP contribution in [0.4, 0.5) is 9.59 Å². The molecule has 10 nitrogen and oxygen atoms in total. The van der Waals surface area contributed by atoms with Crippen LogP contribution in [0.1, 0.15) is 127 Å². The van der Waals surface area contributed by atoms with Gasteiger partial charge in [-0.25, -0.2) is 19.0 Å². The molecule has 0 aromatic carbocycles. The molecule has 0 saturated heterocycles. The first-order valence-electron chi connectivity index (χ1n) is 16.9. The van der Waals surface area contributed by atoms with Gasteiger partial charge in [0.2, 0.25) is 0 Å². The second kappa shape index (κ2) is 26.5. The maximum absolute atomic E-state index is 12.3. The Kier molecular flexibility index (Phi) is 23.6. The van der Waals surface area contributed by atoms with Crippen LogP contribution in [-0.2, 0) is 25.5 Å². The lowest BCUT2D eigenvalue weighted by atomic mass is 10.0. The Morgan fingerprint density at radius 3 is 1.95 bits per heavy atom. The van der Waals surface area contributed by atoms with Gasteiger partial charge in [0.25, 0.3) is 0 Å². The highest BCUT2D eigenvalue weighted by atomic mass is 16.6. The van der Waals surface area contributed by atoms with Gasteiger partial charge in [0.15, 0.2) is 12.4 Å². The molecule has 0 aliphatic heterocycles. The van der Waals surface area contributed by atoms with Crippen LogP contribution < -0.4 is 15.2 Å². The van der Waals surface area contributed by atoms with Gasteiger partial charge in [0.1, 0.15) is 18.7 Å². The number of ether oxygens (including phenoxy) is 4. The molecule has 0 spiro atoms. The predicted octanol–water partition coefficient (Wildman–Crippen LogP) is 6.88. The van der Waals surface area contributed by atoms with Crippen molar-refractivity contribution in [3.8, 4) is 0 Å². The molecule has 1 aromatic heterocycles. The first-order chi connectivity index (χ1) is 21.4. The number of methoxy groups -OCH3 is 1. The number of hydrogen-bond donors (Lipinski definition) is 2. The van der Waals surface area contributed by atoms with Crippen LogP contribution in [0.3, 0.4) is 0 Å². The maximum Gasteiger partial charge on any atom is 0.407 e. The quantitative estimate of drug-likeness (QED) is 0.0501. The number of alkyl carbamates (subject to hydrolysis) is 2. The van der Waals surface area contributed by atoms with Crippen molar-refractivity contribution in [1.82, 2.24) is 10.6 Å². The van der Waals surface area contributed by atoms with E-state index in [2.05, 4.69) is 17.6 Å². The van der Waals surface area contributed by atoms with Gasteiger partial charge in [0, 0.05) is 19.6 Å². The Balaban J connectivity index is 2.07. The fourth-order valence-corrected chi connectivity index (χ4v) is 4.82. The fraction of sp³-hybridized carbons (Fsp3) is 0.765. The molecule has 1 rings (SSSR count). The third-order valence-electron chi connectivity index (χ3n) is 7.68. The zero-order valence-corrected chi connectivity index (χ0v) is 27.9. The zero-order valence-electron chi connectivity index (χ0n) is 27.9. The minimum atomic E-state index is -0.624. The summed E-state index contributed by atoms with van der Waals surface area (Å²) < 4.78 is 22.9. The number of carbonyl (C=O) groups is 3. The van der Waals surface area contributed by atoms with Gasteiger partial charge in [0.05, 0.1) is 31.9 Å². The molecule has 2 amide bonds. The van der Waals surface area contributed by atoms with Crippen molar-refractivity contribution in [2.24, 2.45) is 0 Å². The molecule has 2 atom stereocenters. The van der Waals surface area contributed by atoms with Crippen molar-refractivity contribution >= 4 is 18.2 Å². The highest BCUT2D eigenvalue weighted by Crippen LogP contribution is 2.15. The number of rotatable bonds is 26. The van der Waals surface area contributed by atoms with Crippen LogP contribution in [0.15, 0.2) is 24.5 Å². The van der Waals surface area contributed by atoms with E-state index in [1.165, 1.54) is 70.6 Å². The van der Waals surface area contributed by atoms with Crippen LogP contribution in [-0.4, -0.2) is 63.8 Å². The third kappa shape index (κ3) is 20.1. The Morgan fingerprint density at radius 2 is 1.36 bits per heavy atom. The summed E-state index contributed by atoms with van der Waals surface area (Å²) >= 11 is 0. The van der Waals surface area contributed by atoms with Crippen LogP contribution in [0, 0.1) is 0 Å². The molecule has 0 aliphatic rings. The van der Waals surface area contributed by atoms with Crippen molar-refractivity contribution in [3.63, 3.8) is 0 Å². The highest BCUT2D eigenvalue weighted by Gasteiger charge is 2.19. The van der Waals surface area contributed by atoms with E-state index >= 15 is 0 Å². The maximum atomic E-state index is 12.3. The van der Waals surface area contributed by atoms with Crippen LogP contribution in [0.5, 0.6) is 0 Å². The van der Waals surface area contributed by atoms with E-state index in [1.807, 2.05) is 24.6 Å². The molecule has 0 aliphatic carbocycles. The summed E-state index contributed by atoms with van der Waals surface area (Å²) in [5.41, 5.74) is 0.448. The van der Waals surface area contributed by atoms with Crippen LogP contribution in [0.25, 0.3) is 0 Å². The first-order valence-corrected chi connectivity index (χ1v) is 16.9. The fourth-order valence-electron chi connectivity index (χ4n) is 4.82. The topological polar surface area (TPSA) is 116 Å². The van der Waals surface area contributed by atoms with E-state index in [0.717, 1.165) is 25.8 Å². The lowest BCUT2D eigenvalue weighted by Gasteiger charge is -2.24. The van der Waals surface area contributed by atoms with E-state index in [4.69, 9.17) is 18.9 Å². The minimum Gasteiger partial charge on any atom is -0.460 e. The third-order valence-corrected chi connectivity index (χ3v) is 7.68. The lowest BCUT2D eigenvalue weighted by molar-refractivity contribution is -0.693. The van der Waals surface area contributed by atoms with Gasteiger partial charge in [-0.1, -0.05) is 90.4 Å². The van der Waals surface area contributed by atoms with Gasteiger partial charge >= 0.3 is 18.2 Å². The first kappa shape index (κ1) is 39.1. The number of carbonyl (C=O) groups excluding carboxylic acids is 3. The van der Waals surface area contributed by atoms with Gasteiger partial charge in [-0.05, 0) is 26.3 Å². The number of unbranched alkanes of at least 4 members (excludes halogenated alkanes) is 12. The number of aromatic nitrogens is 1. The summed E-state index contributed by atoms with van der Waals surface area (Å²) in [5.74, 6) is -0.454. The highest BCUT2D eigenvalue weighted by molar-refractivity contribution is 5.88. The number of aryl methyl sites for hydroxylation is 1. The van der Waals surface area contributed by atoms with Crippen molar-refractivity contribution in [2.75, 3.05) is 33.5 Å². The smallest absolute Gasteiger partial charge is 0.407 e. The SMILES string of the molecule is CCCCCCCCCCCCCCCC(NC(=O)OCCCOC(=O)NCCOC(=O)c1ccc[n+](CC)c1)C(C)OC. The minimum absolute atomic E-state index is 0.0264. The largest absolute Gasteiger partial charge is 0.460 e. The number of nitrogens with one attached hydrogen (secondary N) is 2. The summed E-state index contributed by atoms with van der Waals surface area (Å²) in [6.45, 7) is 7.30. The molecule has 10 heteroatoms. The van der Waals surface area contributed by atoms with Gasteiger partial charge in [-0.3, -0.25) is 0 Å². The monoisotopic (exact) mass is 622 g/mol. The van der Waals surface area contributed by atoms with Crippen LogP contribution in [0.2, 0.25) is 0 Å². The van der Waals surface area contributed by atoms with Crippen molar-refractivity contribution in [1.29, 1.82) is 0 Å². The Bertz CT molecular complexity index is 899. The van der Waals surface area contributed by atoms with E-state index in [-0.39, 0.29) is 38.5 Å². The van der Waals surface area contributed by atoms with Gasteiger partial charge < -0.3 is 29.6 Å². The molecule has 44 heavy (non-hydrogen) atoms. The molecular weight excluding hydrogens is 562 g/mol. The summed E-state index contributed by atoms with van der Waals surface area (Å²) in [5, 5.41) is 5.45. The Morgan fingerprint density at radius 1 is 0.773 bits per heavy atom. The number of esters is 1. The van der Waals surface area contributed by atoms with Crippen molar-refractivity contribution in [3.05, 3.63) is 30.1 Å². The van der Waals surface area contributed by atoms with Gasteiger partial charge in [-0.15, -0.1) is 0 Å². The van der Waals surface area contributed by atoms with E-state index in [1.54, 1.807) is 25.4 Å². The average Bonchev–Trinajstić information content (AvgIpc) is 3.03. The summed E-state index contributed by atoms with van der Waals surface area (Å²) in [6.07, 6.45) is 20.5. The molecule has 252 valence electrons. The number of pyridine rings is 1. The molecular formula is C34H60N3O7+. The second-order valence-corrected chi connectivity index (χ2v) is 11.3. The van der Waals surface area contributed by atoms with Crippen molar-refractivity contribution in [2.45, 2.75) is 136 Å². The Labute approximate surface area is 265 Å². The molecule has 1 aromatic rings. The summed E-state index contributed by atoms with van der Waals surface area (Å²) in [7, 11) is 1.64. The van der Waals surface area contributed by atoms with Crippen LogP contribution >= 0.6 is 0 Å². The molecule has 0 bridgehead atoms. The molecule has 0 saturated carbocycles. The second-order valence-electron chi connectivity index (χ2n) is 11.3.